The van der Waals surface area contributed by atoms with Crippen LogP contribution < -0.4 is 5.32 Å². The molecule has 2 radical (unpaired) electrons. The average molecular weight is 211 g/mol. The minimum absolute atomic E-state index is 0.00653. The second-order valence-corrected chi connectivity index (χ2v) is 4.85. The number of nitrogens with one attached hydrogen (secondary N) is 1. The number of likely N-dealkylation sites (N-methyl/N-ethyl adjacent to an activating group) is 1. The molecule has 0 atom stereocenters. The SMILES string of the molecule is [CH]C(C)(C)NC(=O)CN1CCN(C)CC1. The van der Waals surface area contributed by atoms with Gasteiger partial charge in [0.2, 0.25) is 5.91 Å². The van der Waals surface area contributed by atoms with Gasteiger partial charge in [-0.1, -0.05) is 0 Å². The summed E-state index contributed by atoms with van der Waals surface area (Å²) in [5, 5.41) is 2.76. The molecule has 86 valence electrons. The fraction of sp³-hybridized carbons (Fsp3) is 0.818. The monoisotopic (exact) mass is 211 g/mol. The topological polar surface area (TPSA) is 35.6 Å². The standard InChI is InChI=1S/C11H21N3O/c1-11(2,3)12-10(15)9-14-7-5-13(4)6-8-14/h1H,5-9H2,2-4H3,(H,12,15). The van der Waals surface area contributed by atoms with Gasteiger partial charge < -0.3 is 10.2 Å². The first kappa shape index (κ1) is 12.5. The zero-order chi connectivity index (χ0) is 11.5. The van der Waals surface area contributed by atoms with Crippen molar-refractivity contribution in [1.82, 2.24) is 15.1 Å². The predicted molar refractivity (Wildman–Crippen MR) is 60.5 cm³/mol. The van der Waals surface area contributed by atoms with Crippen LogP contribution in [0.4, 0.5) is 0 Å². The van der Waals surface area contributed by atoms with E-state index in [-0.39, 0.29) is 5.91 Å². The number of piperazine rings is 1. The van der Waals surface area contributed by atoms with Crippen LogP contribution in [0.5, 0.6) is 0 Å². The Labute approximate surface area is 92.6 Å². The molecule has 0 spiro atoms. The number of nitrogens with zero attached hydrogens (tertiary/aromatic N) is 2. The molecule has 1 aliphatic rings. The van der Waals surface area contributed by atoms with Crippen molar-refractivity contribution in [2.45, 2.75) is 19.4 Å². The lowest BCUT2D eigenvalue weighted by molar-refractivity contribution is -0.123. The maximum absolute atomic E-state index is 11.6. The maximum Gasteiger partial charge on any atom is 0.234 e. The molecule has 0 aromatic heterocycles. The summed E-state index contributed by atoms with van der Waals surface area (Å²) >= 11 is 0. The third-order valence-corrected chi connectivity index (χ3v) is 2.42. The van der Waals surface area contributed by atoms with Crippen LogP contribution in [0.1, 0.15) is 13.8 Å². The van der Waals surface area contributed by atoms with Crippen LogP contribution in [0.25, 0.3) is 0 Å². The molecular weight excluding hydrogens is 190 g/mol. The Morgan fingerprint density at radius 2 is 1.87 bits per heavy atom. The Kier molecular flexibility index (Phi) is 4.11. The van der Waals surface area contributed by atoms with Crippen molar-refractivity contribution in [2.24, 2.45) is 0 Å². The highest BCUT2D eigenvalue weighted by Crippen LogP contribution is 2.01. The number of hydrogen-bond acceptors (Lipinski definition) is 3. The van der Waals surface area contributed by atoms with Crippen LogP contribution in [0.3, 0.4) is 0 Å². The Morgan fingerprint density at radius 3 is 2.33 bits per heavy atom. The van der Waals surface area contributed by atoms with Gasteiger partial charge in [-0.05, 0) is 27.8 Å². The van der Waals surface area contributed by atoms with E-state index in [1.54, 1.807) is 13.8 Å². The molecule has 1 amide bonds. The fourth-order valence-electron chi connectivity index (χ4n) is 1.61. The molecule has 4 nitrogen and oxygen atoms in total. The molecule has 1 fully saturated rings. The first-order chi connectivity index (χ1) is 6.87. The van der Waals surface area contributed by atoms with Crippen LogP contribution in [0.15, 0.2) is 0 Å². The summed E-state index contributed by atoms with van der Waals surface area (Å²) in [5.74, 6) is 0.00653. The zero-order valence-electron chi connectivity index (χ0n) is 9.92. The largest absolute Gasteiger partial charge is 0.350 e. The highest BCUT2D eigenvalue weighted by molar-refractivity contribution is 5.78. The van der Waals surface area contributed by atoms with Crippen LogP contribution in [0.2, 0.25) is 0 Å². The summed E-state index contributed by atoms with van der Waals surface area (Å²) < 4.78 is 0. The first-order valence-corrected chi connectivity index (χ1v) is 5.37. The Bertz CT molecular complexity index is 214. The highest BCUT2D eigenvalue weighted by Gasteiger charge is 2.19. The minimum Gasteiger partial charge on any atom is -0.350 e. The number of amides is 1. The normalized spacial score (nSPS) is 20.3. The van der Waals surface area contributed by atoms with Crippen molar-refractivity contribution in [2.75, 3.05) is 39.8 Å². The molecule has 0 aromatic carbocycles. The number of carbonyl (C=O) groups excluding carboxylic acids is 1. The van der Waals surface area contributed by atoms with Crippen LogP contribution in [-0.4, -0.2) is 61.0 Å². The van der Waals surface area contributed by atoms with E-state index in [9.17, 15) is 4.79 Å². The van der Waals surface area contributed by atoms with Crippen LogP contribution in [-0.2, 0) is 4.79 Å². The highest BCUT2D eigenvalue weighted by atomic mass is 16.2. The van der Waals surface area contributed by atoms with Crippen molar-refractivity contribution >= 4 is 5.91 Å². The van der Waals surface area contributed by atoms with E-state index >= 15 is 0 Å². The fourth-order valence-corrected chi connectivity index (χ4v) is 1.61. The molecular formula is C11H21N3O. The smallest absolute Gasteiger partial charge is 0.234 e. The van der Waals surface area contributed by atoms with Gasteiger partial charge in [-0.2, -0.15) is 0 Å². The third kappa shape index (κ3) is 5.14. The van der Waals surface area contributed by atoms with Crippen LogP contribution in [0, 0.1) is 6.92 Å². The van der Waals surface area contributed by atoms with E-state index in [1.165, 1.54) is 0 Å². The van der Waals surface area contributed by atoms with E-state index in [0.29, 0.717) is 6.54 Å². The summed E-state index contributed by atoms with van der Waals surface area (Å²) in [6.07, 6.45) is 0. The van der Waals surface area contributed by atoms with Gasteiger partial charge in [0.15, 0.2) is 0 Å². The molecule has 1 saturated heterocycles. The molecule has 0 bridgehead atoms. The average Bonchev–Trinajstić information content (AvgIpc) is 2.05. The van der Waals surface area contributed by atoms with Crippen molar-refractivity contribution in [3.05, 3.63) is 6.92 Å². The lowest BCUT2D eigenvalue weighted by Gasteiger charge is -2.32. The van der Waals surface area contributed by atoms with Crippen molar-refractivity contribution in [3.63, 3.8) is 0 Å². The number of hydrogen-bond donors (Lipinski definition) is 1. The molecule has 1 rings (SSSR count). The molecule has 1 N–H and O–H groups in total. The van der Waals surface area contributed by atoms with Crippen molar-refractivity contribution in [3.8, 4) is 0 Å². The Balaban J connectivity index is 2.27. The molecule has 0 aliphatic carbocycles. The van der Waals surface area contributed by atoms with E-state index in [4.69, 9.17) is 6.92 Å². The zero-order valence-corrected chi connectivity index (χ0v) is 9.92. The Hall–Kier alpha value is -0.610. The lowest BCUT2D eigenvalue weighted by Crippen LogP contribution is -2.51. The quantitative estimate of drug-likeness (QED) is 0.704. The minimum atomic E-state index is -0.621. The summed E-state index contributed by atoms with van der Waals surface area (Å²) in [6.45, 7) is 13.7. The molecule has 15 heavy (non-hydrogen) atoms. The van der Waals surface area contributed by atoms with E-state index in [1.807, 2.05) is 0 Å². The van der Waals surface area contributed by atoms with Gasteiger partial charge in [0.25, 0.3) is 0 Å². The van der Waals surface area contributed by atoms with Gasteiger partial charge in [0, 0.05) is 31.7 Å². The third-order valence-electron chi connectivity index (χ3n) is 2.42. The first-order valence-electron chi connectivity index (χ1n) is 5.37. The predicted octanol–water partition coefficient (Wildman–Crippen LogP) is -0.160. The second-order valence-electron chi connectivity index (χ2n) is 4.85. The molecule has 4 heteroatoms. The summed E-state index contributed by atoms with van der Waals surface area (Å²) in [6, 6.07) is 0. The molecule has 0 aromatic rings. The van der Waals surface area contributed by atoms with Gasteiger partial charge in [-0.15, -0.1) is 0 Å². The molecule has 1 heterocycles. The van der Waals surface area contributed by atoms with Gasteiger partial charge in [-0.3, -0.25) is 9.69 Å². The Morgan fingerprint density at radius 1 is 1.33 bits per heavy atom. The van der Waals surface area contributed by atoms with Crippen LogP contribution >= 0.6 is 0 Å². The summed E-state index contributed by atoms with van der Waals surface area (Å²) in [5.41, 5.74) is -0.621. The van der Waals surface area contributed by atoms with Gasteiger partial charge in [0.05, 0.1) is 6.54 Å². The van der Waals surface area contributed by atoms with Gasteiger partial charge >= 0.3 is 0 Å². The van der Waals surface area contributed by atoms with E-state index in [2.05, 4.69) is 22.2 Å². The van der Waals surface area contributed by atoms with Gasteiger partial charge in [0.1, 0.15) is 0 Å². The summed E-state index contributed by atoms with van der Waals surface area (Å²) in [7, 11) is 2.10. The maximum atomic E-state index is 11.6. The molecule has 0 unspecified atom stereocenters. The van der Waals surface area contributed by atoms with Gasteiger partial charge in [-0.25, -0.2) is 0 Å². The number of carbonyl (C=O) groups is 1. The molecule has 0 saturated carbocycles. The van der Waals surface area contributed by atoms with E-state index in [0.717, 1.165) is 26.2 Å². The lowest BCUT2D eigenvalue weighted by atomic mass is 10.1. The second kappa shape index (κ2) is 4.94. The van der Waals surface area contributed by atoms with E-state index < -0.39 is 5.54 Å². The summed E-state index contributed by atoms with van der Waals surface area (Å²) in [4.78, 5) is 16.0. The molecule has 1 aliphatic heterocycles. The van der Waals surface area contributed by atoms with Crippen molar-refractivity contribution in [1.29, 1.82) is 0 Å². The van der Waals surface area contributed by atoms with Crippen molar-refractivity contribution < 1.29 is 4.79 Å². The number of rotatable bonds is 3.